The summed E-state index contributed by atoms with van der Waals surface area (Å²) >= 11 is 0. The molecule has 2 aliphatic heterocycles. The highest BCUT2D eigenvalue weighted by atomic mass is 16.5. The Morgan fingerprint density at radius 2 is 1.15 bits per heavy atom. The summed E-state index contributed by atoms with van der Waals surface area (Å²) in [6, 6.07) is 8.05. The Morgan fingerprint density at radius 1 is 0.610 bits per heavy atom. The van der Waals surface area contributed by atoms with Gasteiger partial charge < -0.3 is 55.4 Å². The predicted octanol–water partition coefficient (Wildman–Crippen LogP) is 2.21. The molecule has 2 heterocycles. The molecule has 41 heavy (non-hydrogen) atoms. The zero-order chi connectivity index (χ0) is 29.3. The van der Waals surface area contributed by atoms with E-state index in [-0.39, 0.29) is 75.0 Å². The summed E-state index contributed by atoms with van der Waals surface area (Å²) in [5.74, 6) is -3.57. The molecule has 9 N–H and O–H groups in total. The van der Waals surface area contributed by atoms with E-state index in [4.69, 9.17) is 9.47 Å². The van der Waals surface area contributed by atoms with Crippen LogP contribution in [0.4, 0.5) is 0 Å². The van der Waals surface area contributed by atoms with E-state index < -0.39 is 52.5 Å². The highest BCUT2D eigenvalue weighted by Crippen LogP contribution is 2.47. The van der Waals surface area contributed by atoms with Crippen LogP contribution in [-0.4, -0.2) is 58.2 Å². The quantitative estimate of drug-likeness (QED) is 0.160. The lowest BCUT2D eigenvalue weighted by molar-refractivity contribution is 0.0193. The van der Waals surface area contributed by atoms with Gasteiger partial charge in [-0.05, 0) is 29.1 Å². The smallest absolute Gasteiger partial charge is 0.231 e. The number of phenolic OH excluding ortho intramolecular Hbond substituents is 6. The Hall–Kier alpha value is -5.07. The molecule has 0 saturated carbocycles. The second-order valence-corrected chi connectivity index (χ2v) is 10.1. The molecule has 2 aliphatic rings. The lowest BCUT2D eigenvalue weighted by Gasteiger charge is -2.32. The third-order valence-corrected chi connectivity index (χ3v) is 7.43. The van der Waals surface area contributed by atoms with Crippen LogP contribution < -0.4 is 14.9 Å². The largest absolute Gasteiger partial charge is 0.508 e. The van der Waals surface area contributed by atoms with Crippen LogP contribution in [0.3, 0.4) is 0 Å². The van der Waals surface area contributed by atoms with Gasteiger partial charge in [0, 0.05) is 53.8 Å². The van der Waals surface area contributed by atoms with Crippen molar-refractivity contribution in [2.45, 2.75) is 37.3 Å². The van der Waals surface area contributed by atoms with Crippen LogP contribution in [0.1, 0.15) is 34.5 Å². The lowest BCUT2D eigenvalue weighted by atomic mass is 9.90. The van der Waals surface area contributed by atoms with E-state index in [1.165, 1.54) is 18.2 Å². The zero-order valence-electron chi connectivity index (χ0n) is 21.0. The van der Waals surface area contributed by atoms with E-state index in [0.717, 1.165) is 24.3 Å². The van der Waals surface area contributed by atoms with Gasteiger partial charge in [0.05, 0.1) is 17.6 Å². The molecule has 0 aromatic heterocycles. The number of ether oxygens (including phenoxy) is 2. The number of rotatable bonds is 2. The molecule has 0 fully saturated rings. The topological polar surface area (TPSA) is 218 Å². The molecule has 6 rings (SSSR count). The van der Waals surface area contributed by atoms with Crippen molar-refractivity contribution in [3.05, 3.63) is 74.9 Å². The Labute approximate surface area is 230 Å². The van der Waals surface area contributed by atoms with Crippen molar-refractivity contribution < 1.29 is 55.4 Å². The average Bonchev–Trinajstić information content (AvgIpc) is 3.03. The fraction of sp³-hybridized carbons (Fsp3) is 0.207. The molecule has 212 valence electrons. The van der Waals surface area contributed by atoms with Crippen molar-refractivity contribution in [3.8, 4) is 51.7 Å². The number of aromatic hydroxyl groups is 7. The van der Waals surface area contributed by atoms with Gasteiger partial charge in [0.25, 0.3) is 0 Å². The lowest BCUT2D eigenvalue weighted by Crippen LogP contribution is -2.31. The van der Waals surface area contributed by atoms with Gasteiger partial charge in [-0.1, -0.05) is 0 Å². The van der Waals surface area contributed by atoms with Gasteiger partial charge in [0.2, 0.25) is 5.43 Å². The van der Waals surface area contributed by atoms with E-state index in [2.05, 4.69) is 0 Å². The summed E-state index contributed by atoms with van der Waals surface area (Å²) in [7, 11) is 0. The number of phenols is 6. The summed E-state index contributed by atoms with van der Waals surface area (Å²) in [6.07, 6.45) is -5.40. The van der Waals surface area contributed by atoms with Crippen molar-refractivity contribution in [1.29, 1.82) is 0 Å². The van der Waals surface area contributed by atoms with Gasteiger partial charge in [-0.2, -0.15) is 0 Å². The van der Waals surface area contributed by atoms with Crippen molar-refractivity contribution in [3.63, 3.8) is 0 Å². The van der Waals surface area contributed by atoms with Crippen LogP contribution in [0.25, 0.3) is 10.8 Å². The summed E-state index contributed by atoms with van der Waals surface area (Å²) in [5.41, 5.74) is -0.578. The van der Waals surface area contributed by atoms with Gasteiger partial charge in [0.1, 0.15) is 40.6 Å². The molecule has 0 saturated heterocycles. The molecule has 0 bridgehead atoms. The van der Waals surface area contributed by atoms with E-state index >= 15 is 0 Å². The normalized spacial score (nSPS) is 21.4. The number of hydrogen-bond acceptors (Lipinski definition) is 12. The first kappa shape index (κ1) is 26.2. The minimum absolute atomic E-state index is 0.00576. The number of aliphatic hydroxyl groups is 2. The van der Waals surface area contributed by atoms with E-state index in [0.29, 0.717) is 0 Å². The molecule has 0 aliphatic carbocycles. The van der Waals surface area contributed by atoms with Crippen LogP contribution in [0.5, 0.6) is 51.7 Å². The standard InChI is InChI=1S/C29H24O12/c30-11-3-17(32)15-8-21(36)28(40-23(15)5-11)10-1-13-14(7-20(35)27(39)25(13)26(38)19(34)2-10)29-22(37)9-16-18(33)4-12(31)6-24(16)41-29/h1-7,21-22,28-33,35-37,39H,8-9H2,(H,34,38)/t21-,22-,28?,29?/m0/s1. The van der Waals surface area contributed by atoms with Gasteiger partial charge >= 0.3 is 0 Å². The van der Waals surface area contributed by atoms with Crippen LogP contribution in [0.2, 0.25) is 0 Å². The second-order valence-electron chi connectivity index (χ2n) is 10.1. The summed E-state index contributed by atoms with van der Waals surface area (Å²) in [5, 5.41) is 93.5. The Bertz CT molecular complexity index is 1800. The highest BCUT2D eigenvalue weighted by molar-refractivity contribution is 5.94. The zero-order valence-corrected chi connectivity index (χ0v) is 21.0. The first-order valence-corrected chi connectivity index (χ1v) is 12.5. The van der Waals surface area contributed by atoms with Crippen LogP contribution in [-0.2, 0) is 12.8 Å². The van der Waals surface area contributed by atoms with Gasteiger partial charge in [-0.25, -0.2) is 0 Å². The third-order valence-electron chi connectivity index (χ3n) is 7.43. The maximum Gasteiger partial charge on any atom is 0.231 e. The average molecular weight is 564 g/mol. The molecule has 0 spiro atoms. The van der Waals surface area contributed by atoms with Gasteiger partial charge in [-0.15, -0.1) is 0 Å². The first-order valence-electron chi connectivity index (χ1n) is 12.5. The third kappa shape index (κ3) is 4.20. The molecule has 4 aromatic carbocycles. The Kier molecular flexibility index (Phi) is 5.90. The van der Waals surface area contributed by atoms with Gasteiger partial charge in [-0.3, -0.25) is 4.79 Å². The second kappa shape index (κ2) is 9.25. The molecule has 4 atom stereocenters. The predicted molar refractivity (Wildman–Crippen MR) is 141 cm³/mol. The van der Waals surface area contributed by atoms with Crippen LogP contribution in [0, 0.1) is 0 Å². The van der Waals surface area contributed by atoms with E-state index in [1.54, 1.807) is 0 Å². The van der Waals surface area contributed by atoms with E-state index in [9.17, 15) is 50.8 Å². The fourth-order valence-corrected chi connectivity index (χ4v) is 5.52. The Balaban J connectivity index is 1.56. The van der Waals surface area contributed by atoms with Crippen LogP contribution in [0.15, 0.2) is 47.3 Å². The summed E-state index contributed by atoms with van der Waals surface area (Å²) < 4.78 is 11.8. The minimum atomic E-state index is -1.34. The fourth-order valence-electron chi connectivity index (χ4n) is 5.52. The maximum absolute atomic E-state index is 13.2. The number of benzene rings is 3. The highest BCUT2D eigenvalue weighted by Gasteiger charge is 2.36. The van der Waals surface area contributed by atoms with Crippen molar-refractivity contribution in [2.75, 3.05) is 0 Å². The molecule has 0 amide bonds. The van der Waals surface area contributed by atoms with Gasteiger partial charge in [0.15, 0.2) is 23.4 Å². The molecule has 0 radical (unpaired) electrons. The first-order chi connectivity index (χ1) is 19.4. The SMILES string of the molecule is O=c1c(O)cc(C2Oc3cc(O)cc(O)c3C[C@@H]2O)cc2c(C3Oc4cc(O)cc(O)c4C[C@@H]3O)cc(O)c(O)c12. The summed E-state index contributed by atoms with van der Waals surface area (Å²) in [6.45, 7) is 0. The monoisotopic (exact) mass is 564 g/mol. The number of aliphatic hydroxyl groups excluding tert-OH is 2. The number of fused-ring (bicyclic) bond motifs is 3. The molecule has 12 heteroatoms. The molecular weight excluding hydrogens is 540 g/mol. The maximum atomic E-state index is 13.2. The number of hydrogen-bond donors (Lipinski definition) is 9. The Morgan fingerprint density at radius 3 is 1.73 bits per heavy atom. The van der Waals surface area contributed by atoms with Crippen molar-refractivity contribution >= 4 is 10.8 Å². The van der Waals surface area contributed by atoms with Crippen molar-refractivity contribution in [2.24, 2.45) is 0 Å². The molecular formula is C29H24O12. The molecule has 12 nitrogen and oxygen atoms in total. The molecule has 2 unspecified atom stereocenters. The van der Waals surface area contributed by atoms with Crippen molar-refractivity contribution in [1.82, 2.24) is 0 Å². The minimum Gasteiger partial charge on any atom is -0.508 e. The molecule has 4 aromatic rings. The van der Waals surface area contributed by atoms with E-state index in [1.807, 2.05) is 0 Å². The summed E-state index contributed by atoms with van der Waals surface area (Å²) in [4.78, 5) is 13.2. The van der Waals surface area contributed by atoms with Crippen LogP contribution >= 0.6 is 0 Å².